The molecule has 1 fully saturated rings. The summed E-state index contributed by atoms with van der Waals surface area (Å²) in [6.45, 7) is 2.43. The van der Waals surface area contributed by atoms with Crippen LogP contribution in [0.15, 0.2) is 78.9 Å². The van der Waals surface area contributed by atoms with E-state index in [2.05, 4.69) is 36.5 Å². The van der Waals surface area contributed by atoms with Gasteiger partial charge >= 0.3 is 0 Å². The fourth-order valence-corrected chi connectivity index (χ4v) is 5.90. The molecule has 200 valence electrons. The lowest BCUT2D eigenvalue weighted by atomic mass is 9.94. The number of halogens is 1. The van der Waals surface area contributed by atoms with Gasteiger partial charge in [0.25, 0.3) is 0 Å². The second kappa shape index (κ2) is 14.4. The molecular weight excluding hydrogens is 512 g/mol. The molecule has 0 aliphatic heterocycles. The second-order valence-corrected chi connectivity index (χ2v) is 11.6. The van der Waals surface area contributed by atoms with Gasteiger partial charge in [0.1, 0.15) is 6.04 Å². The minimum absolute atomic E-state index is 0.0308. The van der Waals surface area contributed by atoms with Crippen LogP contribution in [0.25, 0.3) is 0 Å². The molecule has 1 aliphatic rings. The molecule has 0 unspecified atom stereocenters. The number of thioether (sulfide) groups is 1. The molecule has 1 saturated carbocycles. The van der Waals surface area contributed by atoms with Crippen molar-refractivity contribution in [2.24, 2.45) is 0 Å². The molecule has 0 bridgehead atoms. The maximum absolute atomic E-state index is 13.8. The number of aryl methyl sites for hydroxylation is 1. The average Bonchev–Trinajstić information content (AvgIpc) is 2.94. The molecule has 2 amide bonds. The van der Waals surface area contributed by atoms with Gasteiger partial charge in [0, 0.05) is 29.8 Å². The van der Waals surface area contributed by atoms with Crippen molar-refractivity contribution < 1.29 is 9.59 Å². The molecular formula is C32H37ClN2O2S. The summed E-state index contributed by atoms with van der Waals surface area (Å²) in [4.78, 5) is 29.4. The molecule has 1 N–H and O–H groups in total. The van der Waals surface area contributed by atoms with Crippen molar-refractivity contribution in [3.05, 3.63) is 106 Å². The molecule has 3 aromatic rings. The van der Waals surface area contributed by atoms with Crippen LogP contribution in [0.4, 0.5) is 0 Å². The van der Waals surface area contributed by atoms with Crippen molar-refractivity contribution in [1.82, 2.24) is 10.2 Å². The van der Waals surface area contributed by atoms with Gasteiger partial charge in [0.15, 0.2) is 0 Å². The predicted octanol–water partition coefficient (Wildman–Crippen LogP) is 6.97. The maximum Gasteiger partial charge on any atom is 0.243 e. The smallest absolute Gasteiger partial charge is 0.243 e. The first-order chi connectivity index (χ1) is 18.5. The first-order valence-corrected chi connectivity index (χ1v) is 15.0. The molecule has 6 heteroatoms. The van der Waals surface area contributed by atoms with Gasteiger partial charge in [0.05, 0.1) is 5.75 Å². The lowest BCUT2D eigenvalue weighted by Gasteiger charge is -2.33. The predicted molar refractivity (Wildman–Crippen MR) is 158 cm³/mol. The third kappa shape index (κ3) is 8.64. The van der Waals surface area contributed by atoms with Crippen LogP contribution in [0.1, 0.15) is 54.4 Å². The van der Waals surface area contributed by atoms with Gasteiger partial charge in [-0.3, -0.25) is 9.59 Å². The van der Waals surface area contributed by atoms with E-state index in [1.165, 1.54) is 17.5 Å². The van der Waals surface area contributed by atoms with Gasteiger partial charge in [-0.25, -0.2) is 0 Å². The summed E-state index contributed by atoms with van der Waals surface area (Å²) in [5.74, 6) is 0.963. The zero-order valence-electron chi connectivity index (χ0n) is 22.1. The lowest BCUT2D eigenvalue weighted by Crippen LogP contribution is -2.53. The van der Waals surface area contributed by atoms with Gasteiger partial charge in [-0.2, -0.15) is 0 Å². The summed E-state index contributed by atoms with van der Waals surface area (Å²) < 4.78 is 0. The Morgan fingerprint density at radius 2 is 1.55 bits per heavy atom. The first kappa shape index (κ1) is 28.3. The van der Waals surface area contributed by atoms with Crippen LogP contribution in [0.3, 0.4) is 0 Å². The number of amides is 2. The zero-order chi connectivity index (χ0) is 26.7. The van der Waals surface area contributed by atoms with E-state index in [0.717, 1.165) is 42.6 Å². The Hall–Kier alpha value is -2.76. The average molecular weight is 549 g/mol. The van der Waals surface area contributed by atoms with Crippen LogP contribution in [-0.4, -0.2) is 34.6 Å². The maximum atomic E-state index is 13.8. The number of nitrogens with zero attached hydrogens (tertiary/aromatic N) is 1. The largest absolute Gasteiger partial charge is 0.352 e. The third-order valence-corrected chi connectivity index (χ3v) is 8.34. The fourth-order valence-electron chi connectivity index (χ4n) is 4.91. The molecule has 0 aromatic heterocycles. The number of carbonyl (C=O) groups is 2. The highest BCUT2D eigenvalue weighted by Gasteiger charge is 2.31. The minimum atomic E-state index is -0.595. The summed E-state index contributed by atoms with van der Waals surface area (Å²) in [6.07, 6.45) is 5.97. The van der Waals surface area contributed by atoms with Crippen LogP contribution in [0.5, 0.6) is 0 Å². The molecule has 38 heavy (non-hydrogen) atoms. The molecule has 1 aliphatic carbocycles. The summed E-state index contributed by atoms with van der Waals surface area (Å²) in [5.41, 5.74) is 4.40. The third-order valence-electron chi connectivity index (χ3n) is 7.10. The van der Waals surface area contributed by atoms with Crippen molar-refractivity contribution in [3.63, 3.8) is 0 Å². The Morgan fingerprint density at radius 3 is 2.24 bits per heavy atom. The Kier molecular flexibility index (Phi) is 10.7. The lowest BCUT2D eigenvalue weighted by molar-refractivity contribution is -0.139. The summed E-state index contributed by atoms with van der Waals surface area (Å²) in [6, 6.07) is 25.5. The molecule has 0 heterocycles. The Morgan fingerprint density at radius 1 is 0.895 bits per heavy atom. The van der Waals surface area contributed by atoms with E-state index in [4.69, 9.17) is 11.6 Å². The van der Waals surface area contributed by atoms with Crippen molar-refractivity contribution in [1.29, 1.82) is 0 Å². The van der Waals surface area contributed by atoms with Gasteiger partial charge < -0.3 is 10.2 Å². The van der Waals surface area contributed by atoms with Crippen molar-refractivity contribution in [3.8, 4) is 0 Å². The molecule has 1 atom stereocenters. The van der Waals surface area contributed by atoms with Gasteiger partial charge in [-0.15, -0.1) is 11.8 Å². The minimum Gasteiger partial charge on any atom is -0.352 e. The number of nitrogens with one attached hydrogen (secondary N) is 1. The standard InChI is InChI=1S/C32H37ClN2O2S/c1-24-12-14-27(15-13-24)22-38-23-31(36)35(21-26-16-18-28(33)19-17-26)30(20-25-8-4-2-5-9-25)32(37)34-29-10-6-3-7-11-29/h2,4-5,8-9,12-19,29-30H,3,6-7,10-11,20-23H2,1H3,(H,34,37)/t30-/m0/s1. The van der Waals surface area contributed by atoms with E-state index >= 15 is 0 Å². The van der Waals surface area contributed by atoms with E-state index in [-0.39, 0.29) is 17.9 Å². The van der Waals surface area contributed by atoms with E-state index in [9.17, 15) is 9.59 Å². The van der Waals surface area contributed by atoms with Crippen LogP contribution >= 0.6 is 23.4 Å². The fraction of sp³-hybridized carbons (Fsp3) is 0.375. The van der Waals surface area contributed by atoms with Crippen LogP contribution in [-0.2, 0) is 28.3 Å². The number of carbonyl (C=O) groups excluding carboxylic acids is 2. The second-order valence-electron chi connectivity index (χ2n) is 10.2. The zero-order valence-corrected chi connectivity index (χ0v) is 23.6. The highest BCUT2D eigenvalue weighted by molar-refractivity contribution is 7.99. The SMILES string of the molecule is Cc1ccc(CSCC(=O)N(Cc2ccc(Cl)cc2)[C@@H](Cc2ccccc2)C(=O)NC2CCCCC2)cc1. The highest BCUT2D eigenvalue weighted by Crippen LogP contribution is 2.22. The molecule has 4 nitrogen and oxygen atoms in total. The van der Waals surface area contributed by atoms with Crippen LogP contribution in [0.2, 0.25) is 5.02 Å². The number of hydrogen-bond donors (Lipinski definition) is 1. The van der Waals surface area contributed by atoms with Crippen LogP contribution < -0.4 is 5.32 Å². The Bertz CT molecular complexity index is 1160. The normalized spacial score (nSPS) is 14.6. The monoisotopic (exact) mass is 548 g/mol. The summed E-state index contributed by atoms with van der Waals surface area (Å²) in [5, 5.41) is 3.95. The van der Waals surface area contributed by atoms with E-state index < -0.39 is 6.04 Å². The molecule has 0 spiro atoms. The van der Waals surface area contributed by atoms with Gasteiger partial charge in [0.2, 0.25) is 11.8 Å². The molecule has 4 rings (SSSR count). The molecule has 0 saturated heterocycles. The number of hydrogen-bond acceptors (Lipinski definition) is 3. The highest BCUT2D eigenvalue weighted by atomic mass is 35.5. The van der Waals surface area contributed by atoms with E-state index in [1.807, 2.05) is 54.6 Å². The Labute approximate surface area is 236 Å². The van der Waals surface area contributed by atoms with Gasteiger partial charge in [-0.1, -0.05) is 103 Å². The number of rotatable bonds is 11. The van der Waals surface area contributed by atoms with Crippen LogP contribution in [0, 0.1) is 6.92 Å². The van der Waals surface area contributed by atoms with Crippen molar-refractivity contribution in [2.75, 3.05) is 5.75 Å². The van der Waals surface area contributed by atoms with Crippen molar-refractivity contribution >= 4 is 35.2 Å². The quantitative estimate of drug-likeness (QED) is 0.281. The number of benzene rings is 3. The summed E-state index contributed by atoms with van der Waals surface area (Å²) in [7, 11) is 0. The first-order valence-electron chi connectivity index (χ1n) is 13.5. The summed E-state index contributed by atoms with van der Waals surface area (Å²) >= 11 is 7.72. The topological polar surface area (TPSA) is 49.4 Å². The van der Waals surface area contributed by atoms with Gasteiger partial charge in [-0.05, 0) is 48.6 Å². The molecule has 3 aromatic carbocycles. The Balaban J connectivity index is 1.55. The van der Waals surface area contributed by atoms with Crippen molar-refractivity contribution in [2.45, 2.75) is 69.8 Å². The van der Waals surface area contributed by atoms with E-state index in [0.29, 0.717) is 23.7 Å². The van der Waals surface area contributed by atoms with E-state index in [1.54, 1.807) is 16.7 Å². The molecule has 0 radical (unpaired) electrons.